The van der Waals surface area contributed by atoms with Gasteiger partial charge in [0.15, 0.2) is 0 Å². The first kappa shape index (κ1) is 18.7. The summed E-state index contributed by atoms with van der Waals surface area (Å²) in [6.45, 7) is 0. The van der Waals surface area contributed by atoms with Crippen LogP contribution in [0.5, 0.6) is 11.5 Å². The Labute approximate surface area is 163 Å². The molecule has 0 spiro atoms. The molecule has 0 bridgehead atoms. The number of halogens is 1. The number of nitro groups is 1. The van der Waals surface area contributed by atoms with Gasteiger partial charge in [-0.05, 0) is 64.0 Å². The van der Waals surface area contributed by atoms with Gasteiger partial charge in [0.25, 0.3) is 0 Å². The molecule has 1 aliphatic rings. The fraction of sp³-hybridized carbons (Fsp3) is 0.105. The van der Waals surface area contributed by atoms with Crippen molar-refractivity contribution in [3.63, 3.8) is 0 Å². The van der Waals surface area contributed by atoms with Gasteiger partial charge in [0.1, 0.15) is 11.5 Å². The van der Waals surface area contributed by atoms with Gasteiger partial charge in [-0.1, -0.05) is 0 Å². The fourth-order valence-electron chi connectivity index (χ4n) is 2.59. The quantitative estimate of drug-likeness (QED) is 0.302. The van der Waals surface area contributed by atoms with Crippen LogP contribution in [0.4, 0.5) is 5.69 Å². The number of benzene rings is 2. The van der Waals surface area contributed by atoms with Crippen molar-refractivity contribution in [1.82, 2.24) is 0 Å². The van der Waals surface area contributed by atoms with E-state index in [1.807, 2.05) is 0 Å². The van der Waals surface area contributed by atoms with Crippen LogP contribution in [0.25, 0.3) is 11.8 Å². The molecule has 138 valence electrons. The van der Waals surface area contributed by atoms with Crippen molar-refractivity contribution in [1.29, 1.82) is 0 Å². The Hall–Kier alpha value is -3.13. The summed E-state index contributed by atoms with van der Waals surface area (Å²) < 4.78 is 15.9. The number of cyclic esters (lactones) is 1. The van der Waals surface area contributed by atoms with Gasteiger partial charge in [-0.2, -0.15) is 0 Å². The first-order valence-corrected chi connectivity index (χ1v) is 8.54. The van der Waals surface area contributed by atoms with E-state index in [1.54, 1.807) is 43.5 Å². The SMILES string of the molecule is COc1ccc(C2=C/C(=C\c3cc(Br)c(OC)c([N+](=O)[O-])c3)C(=O)O2)cc1. The smallest absolute Gasteiger partial charge is 0.343 e. The fourth-order valence-corrected chi connectivity index (χ4v) is 3.22. The van der Waals surface area contributed by atoms with Gasteiger partial charge in [0, 0.05) is 11.6 Å². The van der Waals surface area contributed by atoms with E-state index in [2.05, 4.69) is 15.9 Å². The summed E-state index contributed by atoms with van der Waals surface area (Å²) in [5.41, 5.74) is 1.26. The minimum atomic E-state index is -0.544. The van der Waals surface area contributed by atoms with Crippen molar-refractivity contribution < 1.29 is 23.9 Å². The summed E-state index contributed by atoms with van der Waals surface area (Å²) in [5.74, 6) is 0.673. The number of esters is 1. The van der Waals surface area contributed by atoms with Gasteiger partial charge in [-0.25, -0.2) is 4.79 Å². The second-order valence-corrected chi connectivity index (χ2v) is 6.39. The highest BCUT2D eigenvalue weighted by molar-refractivity contribution is 9.10. The highest BCUT2D eigenvalue weighted by atomic mass is 79.9. The van der Waals surface area contributed by atoms with E-state index in [9.17, 15) is 14.9 Å². The maximum Gasteiger partial charge on any atom is 0.343 e. The van der Waals surface area contributed by atoms with E-state index in [-0.39, 0.29) is 17.0 Å². The van der Waals surface area contributed by atoms with E-state index >= 15 is 0 Å². The van der Waals surface area contributed by atoms with Crippen LogP contribution in [0.1, 0.15) is 11.1 Å². The Morgan fingerprint density at radius 3 is 2.44 bits per heavy atom. The second kappa shape index (κ2) is 7.63. The third-order valence-electron chi connectivity index (χ3n) is 3.87. The van der Waals surface area contributed by atoms with Crippen LogP contribution in [-0.4, -0.2) is 25.1 Å². The molecule has 0 amide bonds. The normalized spacial score (nSPS) is 14.7. The first-order valence-electron chi connectivity index (χ1n) is 7.75. The predicted molar refractivity (Wildman–Crippen MR) is 102 cm³/mol. The van der Waals surface area contributed by atoms with Crippen LogP contribution in [0, 0.1) is 10.1 Å². The standard InChI is InChI=1S/C19H14BrNO6/c1-25-14-5-3-12(4-6-14)17-10-13(19(22)27-17)7-11-8-15(20)18(26-2)16(9-11)21(23)24/h3-10H,1-2H3/b13-7+. The Morgan fingerprint density at radius 1 is 1.15 bits per heavy atom. The highest BCUT2D eigenvalue weighted by Crippen LogP contribution is 2.37. The summed E-state index contributed by atoms with van der Waals surface area (Å²) in [5, 5.41) is 11.2. The monoisotopic (exact) mass is 431 g/mol. The molecule has 2 aromatic carbocycles. The predicted octanol–water partition coefficient (Wildman–Crippen LogP) is 4.36. The van der Waals surface area contributed by atoms with E-state index in [0.29, 0.717) is 21.5 Å². The summed E-state index contributed by atoms with van der Waals surface area (Å²) in [6, 6.07) is 10.0. The lowest BCUT2D eigenvalue weighted by Gasteiger charge is -2.05. The van der Waals surface area contributed by atoms with E-state index < -0.39 is 10.9 Å². The largest absolute Gasteiger partial charge is 0.497 e. The maximum atomic E-state index is 12.2. The third kappa shape index (κ3) is 3.85. The molecule has 7 nitrogen and oxygen atoms in total. The lowest BCUT2D eigenvalue weighted by atomic mass is 10.1. The summed E-state index contributed by atoms with van der Waals surface area (Å²) in [4.78, 5) is 22.9. The van der Waals surface area contributed by atoms with Crippen molar-refractivity contribution in [3.05, 3.63) is 73.8 Å². The zero-order valence-electron chi connectivity index (χ0n) is 14.4. The second-order valence-electron chi connectivity index (χ2n) is 5.54. The van der Waals surface area contributed by atoms with E-state index in [4.69, 9.17) is 14.2 Å². The van der Waals surface area contributed by atoms with Crippen LogP contribution in [-0.2, 0) is 9.53 Å². The summed E-state index contributed by atoms with van der Waals surface area (Å²) >= 11 is 3.25. The van der Waals surface area contributed by atoms with Crippen LogP contribution in [0.15, 0.2) is 52.5 Å². The van der Waals surface area contributed by atoms with Gasteiger partial charge >= 0.3 is 11.7 Å². The molecule has 0 radical (unpaired) electrons. The summed E-state index contributed by atoms with van der Waals surface area (Å²) in [7, 11) is 2.92. The maximum absolute atomic E-state index is 12.2. The Bertz CT molecular complexity index is 978. The van der Waals surface area contributed by atoms with Crippen molar-refractivity contribution >= 4 is 39.4 Å². The van der Waals surface area contributed by atoms with Crippen molar-refractivity contribution in [2.45, 2.75) is 0 Å². The molecule has 0 aliphatic carbocycles. The number of methoxy groups -OCH3 is 2. The Kier molecular flexibility index (Phi) is 5.27. The zero-order chi connectivity index (χ0) is 19.6. The minimum absolute atomic E-state index is 0.116. The number of hydrogen-bond donors (Lipinski definition) is 0. The number of carbonyl (C=O) groups is 1. The topological polar surface area (TPSA) is 87.9 Å². The lowest BCUT2D eigenvalue weighted by Crippen LogP contribution is -1.98. The molecule has 0 unspecified atom stereocenters. The molecular formula is C19H14BrNO6. The third-order valence-corrected chi connectivity index (χ3v) is 4.46. The van der Waals surface area contributed by atoms with Gasteiger partial charge in [-0.15, -0.1) is 0 Å². The molecule has 3 rings (SSSR count). The average molecular weight is 432 g/mol. The van der Waals surface area contributed by atoms with Gasteiger partial charge in [0.2, 0.25) is 5.75 Å². The summed E-state index contributed by atoms with van der Waals surface area (Å²) in [6.07, 6.45) is 3.12. The van der Waals surface area contributed by atoms with Crippen LogP contribution < -0.4 is 9.47 Å². The zero-order valence-corrected chi connectivity index (χ0v) is 16.0. The molecule has 0 fully saturated rings. The highest BCUT2D eigenvalue weighted by Gasteiger charge is 2.24. The van der Waals surface area contributed by atoms with Crippen LogP contribution in [0.3, 0.4) is 0 Å². The van der Waals surface area contributed by atoms with Gasteiger partial charge < -0.3 is 14.2 Å². The lowest BCUT2D eigenvalue weighted by molar-refractivity contribution is -0.385. The number of nitrogens with zero attached hydrogens (tertiary/aromatic N) is 1. The Morgan fingerprint density at radius 2 is 1.85 bits per heavy atom. The van der Waals surface area contributed by atoms with Crippen molar-refractivity contribution in [2.24, 2.45) is 0 Å². The number of rotatable bonds is 5. The van der Waals surface area contributed by atoms with Crippen molar-refractivity contribution in [3.8, 4) is 11.5 Å². The molecule has 8 heteroatoms. The molecule has 1 aliphatic heterocycles. The van der Waals surface area contributed by atoms with E-state index in [1.165, 1.54) is 19.3 Å². The van der Waals surface area contributed by atoms with E-state index in [0.717, 1.165) is 5.56 Å². The molecule has 27 heavy (non-hydrogen) atoms. The minimum Gasteiger partial charge on any atom is -0.497 e. The van der Waals surface area contributed by atoms with Crippen molar-refractivity contribution in [2.75, 3.05) is 14.2 Å². The number of hydrogen-bond acceptors (Lipinski definition) is 6. The van der Waals surface area contributed by atoms with Gasteiger partial charge in [0.05, 0.1) is 29.2 Å². The number of nitro benzene ring substituents is 1. The molecule has 0 aromatic heterocycles. The molecule has 0 saturated carbocycles. The average Bonchev–Trinajstić information content (AvgIpc) is 3.01. The molecule has 0 atom stereocenters. The number of carbonyl (C=O) groups excluding carboxylic acids is 1. The molecule has 0 saturated heterocycles. The molecular weight excluding hydrogens is 418 g/mol. The molecule has 2 aromatic rings. The van der Waals surface area contributed by atoms with Crippen LogP contribution in [0.2, 0.25) is 0 Å². The first-order chi connectivity index (χ1) is 12.9. The number of ether oxygens (including phenoxy) is 3. The van der Waals surface area contributed by atoms with Crippen LogP contribution >= 0.6 is 15.9 Å². The molecule has 0 N–H and O–H groups in total. The molecule has 1 heterocycles. The Balaban J connectivity index is 1.98. The van der Waals surface area contributed by atoms with Gasteiger partial charge in [-0.3, -0.25) is 10.1 Å².